The largest absolute Gasteiger partial charge is 0.340 e. The van der Waals surface area contributed by atoms with Gasteiger partial charge in [0.25, 0.3) is 0 Å². The summed E-state index contributed by atoms with van der Waals surface area (Å²) < 4.78 is 0. The Morgan fingerprint density at radius 3 is 2.38 bits per heavy atom. The van der Waals surface area contributed by atoms with Gasteiger partial charge in [0, 0.05) is 28.7 Å². The average molecular weight is 318 g/mol. The third kappa shape index (κ3) is 3.95. The van der Waals surface area contributed by atoms with E-state index in [1.165, 1.54) is 0 Å². The molecule has 1 heterocycles. The van der Waals surface area contributed by atoms with Crippen LogP contribution < -0.4 is 10.6 Å². The number of aryl methyl sites for hydroxylation is 1. The fraction of sp³-hybridized carbons (Fsp3) is 0.105. The average Bonchev–Trinajstić information content (AvgIpc) is 2.55. The second kappa shape index (κ2) is 6.91. The van der Waals surface area contributed by atoms with Crippen molar-refractivity contribution >= 4 is 28.9 Å². The molecule has 0 atom stereocenters. The minimum absolute atomic E-state index is 0.0314. The van der Waals surface area contributed by atoms with Gasteiger partial charge in [0.1, 0.15) is 5.82 Å². The van der Waals surface area contributed by atoms with Gasteiger partial charge in [0.2, 0.25) is 5.95 Å². The lowest BCUT2D eigenvalue weighted by molar-refractivity contribution is 0.101. The molecule has 5 heteroatoms. The SMILES string of the molecule is CC(=O)c1cccc(Nc2cc(C)nc(Nc3ccccc3)n2)c1. The predicted octanol–water partition coefficient (Wildman–Crippen LogP) is 4.47. The van der Waals surface area contributed by atoms with Crippen molar-refractivity contribution in [2.45, 2.75) is 13.8 Å². The Morgan fingerprint density at radius 1 is 0.875 bits per heavy atom. The Labute approximate surface area is 140 Å². The number of para-hydroxylation sites is 1. The summed E-state index contributed by atoms with van der Waals surface area (Å²) in [6, 6.07) is 19.0. The molecule has 0 unspecified atom stereocenters. The molecule has 0 aliphatic carbocycles. The van der Waals surface area contributed by atoms with E-state index in [4.69, 9.17) is 0 Å². The zero-order valence-corrected chi connectivity index (χ0v) is 13.6. The topological polar surface area (TPSA) is 66.9 Å². The van der Waals surface area contributed by atoms with E-state index in [2.05, 4.69) is 20.6 Å². The second-order valence-corrected chi connectivity index (χ2v) is 5.47. The van der Waals surface area contributed by atoms with Gasteiger partial charge in [-0.1, -0.05) is 30.3 Å². The molecule has 0 fully saturated rings. The van der Waals surface area contributed by atoms with Crippen molar-refractivity contribution in [2.75, 3.05) is 10.6 Å². The van der Waals surface area contributed by atoms with E-state index in [0.29, 0.717) is 17.3 Å². The highest BCUT2D eigenvalue weighted by molar-refractivity contribution is 5.95. The van der Waals surface area contributed by atoms with Crippen LogP contribution in [0.25, 0.3) is 0 Å². The van der Waals surface area contributed by atoms with E-state index in [1.807, 2.05) is 61.5 Å². The van der Waals surface area contributed by atoms with Gasteiger partial charge in [0.05, 0.1) is 0 Å². The number of nitrogens with one attached hydrogen (secondary N) is 2. The molecule has 0 spiro atoms. The molecule has 1 aromatic heterocycles. The number of rotatable bonds is 5. The summed E-state index contributed by atoms with van der Waals surface area (Å²) in [5.74, 6) is 1.22. The first-order valence-electron chi connectivity index (χ1n) is 7.66. The highest BCUT2D eigenvalue weighted by Crippen LogP contribution is 2.20. The maximum absolute atomic E-state index is 11.5. The van der Waals surface area contributed by atoms with Gasteiger partial charge in [-0.2, -0.15) is 4.98 Å². The number of hydrogen-bond acceptors (Lipinski definition) is 5. The summed E-state index contributed by atoms with van der Waals surface area (Å²) in [6.07, 6.45) is 0. The van der Waals surface area contributed by atoms with Crippen LogP contribution >= 0.6 is 0 Å². The zero-order valence-electron chi connectivity index (χ0n) is 13.6. The van der Waals surface area contributed by atoms with Crippen molar-refractivity contribution in [3.63, 3.8) is 0 Å². The maximum Gasteiger partial charge on any atom is 0.229 e. The molecule has 0 aliphatic rings. The summed E-state index contributed by atoms with van der Waals surface area (Å²) in [4.78, 5) is 20.4. The first-order chi connectivity index (χ1) is 11.6. The van der Waals surface area contributed by atoms with E-state index in [9.17, 15) is 4.79 Å². The Morgan fingerprint density at radius 2 is 1.62 bits per heavy atom. The van der Waals surface area contributed by atoms with Crippen LogP contribution in [0.3, 0.4) is 0 Å². The molecule has 2 aromatic carbocycles. The fourth-order valence-corrected chi connectivity index (χ4v) is 2.30. The van der Waals surface area contributed by atoms with Crippen molar-refractivity contribution in [1.29, 1.82) is 0 Å². The third-order valence-electron chi connectivity index (χ3n) is 3.43. The van der Waals surface area contributed by atoms with Gasteiger partial charge >= 0.3 is 0 Å². The van der Waals surface area contributed by atoms with Crippen molar-refractivity contribution in [2.24, 2.45) is 0 Å². The standard InChI is InChI=1S/C19H18N4O/c1-13-11-18(21-17-10-6-7-15(12-17)14(2)24)23-19(20-13)22-16-8-4-3-5-9-16/h3-12H,1-2H3,(H2,20,21,22,23). The van der Waals surface area contributed by atoms with Crippen LogP contribution in [0.15, 0.2) is 60.7 Å². The van der Waals surface area contributed by atoms with Gasteiger partial charge in [-0.3, -0.25) is 4.79 Å². The van der Waals surface area contributed by atoms with Gasteiger partial charge < -0.3 is 10.6 Å². The summed E-state index contributed by atoms with van der Waals surface area (Å²) in [5.41, 5.74) is 3.24. The number of carbonyl (C=O) groups excluding carboxylic acids is 1. The highest BCUT2D eigenvalue weighted by atomic mass is 16.1. The van der Waals surface area contributed by atoms with Gasteiger partial charge in [-0.15, -0.1) is 0 Å². The lowest BCUT2D eigenvalue weighted by Gasteiger charge is -2.10. The summed E-state index contributed by atoms with van der Waals surface area (Å²) in [6.45, 7) is 3.46. The molecule has 0 amide bonds. The first kappa shape index (κ1) is 15.7. The number of aromatic nitrogens is 2. The normalized spacial score (nSPS) is 10.2. The van der Waals surface area contributed by atoms with Crippen LogP contribution in [0.1, 0.15) is 23.0 Å². The fourth-order valence-electron chi connectivity index (χ4n) is 2.30. The molecule has 3 rings (SSSR count). The summed E-state index contributed by atoms with van der Waals surface area (Å²) >= 11 is 0. The monoisotopic (exact) mass is 318 g/mol. The Hall–Kier alpha value is -3.21. The lowest BCUT2D eigenvalue weighted by atomic mass is 10.1. The Kier molecular flexibility index (Phi) is 4.52. The quantitative estimate of drug-likeness (QED) is 0.679. The maximum atomic E-state index is 11.5. The molecule has 0 radical (unpaired) electrons. The minimum Gasteiger partial charge on any atom is -0.340 e. The smallest absolute Gasteiger partial charge is 0.229 e. The number of Topliss-reactive ketones (excluding diaryl/α,β-unsaturated/α-hetero) is 1. The molecule has 0 saturated carbocycles. The first-order valence-corrected chi connectivity index (χ1v) is 7.66. The molecule has 24 heavy (non-hydrogen) atoms. The predicted molar refractivity (Wildman–Crippen MR) is 96.2 cm³/mol. The molecular weight excluding hydrogens is 300 g/mol. The molecule has 120 valence electrons. The van der Waals surface area contributed by atoms with E-state index in [1.54, 1.807) is 13.0 Å². The van der Waals surface area contributed by atoms with Crippen LogP contribution in [0.2, 0.25) is 0 Å². The Bertz CT molecular complexity index is 862. The Balaban J connectivity index is 1.83. The lowest BCUT2D eigenvalue weighted by Crippen LogP contribution is -2.02. The van der Waals surface area contributed by atoms with Crippen LogP contribution in [-0.2, 0) is 0 Å². The van der Waals surface area contributed by atoms with E-state index in [-0.39, 0.29) is 5.78 Å². The number of carbonyl (C=O) groups is 1. The molecule has 5 nitrogen and oxygen atoms in total. The number of nitrogens with zero attached hydrogens (tertiary/aromatic N) is 2. The van der Waals surface area contributed by atoms with Gasteiger partial charge in [0.15, 0.2) is 5.78 Å². The van der Waals surface area contributed by atoms with Crippen LogP contribution in [-0.4, -0.2) is 15.8 Å². The van der Waals surface area contributed by atoms with Gasteiger partial charge in [-0.05, 0) is 38.1 Å². The number of anilines is 4. The van der Waals surface area contributed by atoms with E-state index in [0.717, 1.165) is 17.1 Å². The molecule has 0 bridgehead atoms. The molecule has 0 saturated heterocycles. The van der Waals surface area contributed by atoms with E-state index < -0.39 is 0 Å². The molecular formula is C19H18N4O. The molecule has 3 aromatic rings. The number of benzene rings is 2. The molecule has 2 N–H and O–H groups in total. The van der Waals surface area contributed by atoms with Crippen LogP contribution in [0.4, 0.5) is 23.1 Å². The van der Waals surface area contributed by atoms with Crippen molar-refractivity contribution in [1.82, 2.24) is 9.97 Å². The summed E-state index contributed by atoms with van der Waals surface area (Å²) in [5, 5.41) is 6.41. The van der Waals surface area contributed by atoms with Crippen LogP contribution in [0.5, 0.6) is 0 Å². The molecule has 0 aliphatic heterocycles. The second-order valence-electron chi connectivity index (χ2n) is 5.47. The minimum atomic E-state index is 0.0314. The van der Waals surface area contributed by atoms with Gasteiger partial charge in [-0.25, -0.2) is 4.98 Å². The van der Waals surface area contributed by atoms with E-state index >= 15 is 0 Å². The number of hydrogen-bond donors (Lipinski definition) is 2. The van der Waals surface area contributed by atoms with Crippen LogP contribution in [0, 0.1) is 6.92 Å². The highest BCUT2D eigenvalue weighted by Gasteiger charge is 2.05. The number of ketones is 1. The van der Waals surface area contributed by atoms with Crippen molar-refractivity contribution < 1.29 is 4.79 Å². The summed E-state index contributed by atoms with van der Waals surface area (Å²) in [7, 11) is 0. The van der Waals surface area contributed by atoms with Crippen molar-refractivity contribution in [3.05, 3.63) is 71.9 Å². The van der Waals surface area contributed by atoms with Crippen molar-refractivity contribution in [3.8, 4) is 0 Å². The third-order valence-corrected chi connectivity index (χ3v) is 3.43. The zero-order chi connectivity index (χ0) is 16.9.